The number of nitrogens with zero attached hydrogens (tertiary/aromatic N) is 4. The summed E-state index contributed by atoms with van der Waals surface area (Å²) in [6.45, 7) is 3.94. The zero-order chi connectivity index (χ0) is 18.2. The van der Waals surface area contributed by atoms with Gasteiger partial charge in [0.25, 0.3) is 10.0 Å². The number of aromatic nitrogens is 4. The van der Waals surface area contributed by atoms with Crippen LogP contribution in [0.2, 0.25) is 5.02 Å². The molecule has 10 heteroatoms. The molecular weight excluding hydrogens is 366 g/mol. The lowest BCUT2D eigenvalue weighted by molar-refractivity contribution is 0.403. The van der Waals surface area contributed by atoms with E-state index in [1.807, 2.05) is 13.8 Å². The normalized spacial score (nSPS) is 11.9. The van der Waals surface area contributed by atoms with Gasteiger partial charge in [-0.1, -0.05) is 25.4 Å². The SMILES string of the molecule is COc1ccc(Cl)cc1S(=O)(=O)Nc1nccn2c(C(C)C)nnc12. The second kappa shape index (κ2) is 6.49. The summed E-state index contributed by atoms with van der Waals surface area (Å²) in [5.74, 6) is 1.07. The molecule has 3 aromatic rings. The fourth-order valence-electron chi connectivity index (χ4n) is 2.35. The van der Waals surface area contributed by atoms with Crippen LogP contribution in [0.15, 0.2) is 35.5 Å². The van der Waals surface area contributed by atoms with E-state index in [-0.39, 0.29) is 27.4 Å². The van der Waals surface area contributed by atoms with Gasteiger partial charge < -0.3 is 4.74 Å². The van der Waals surface area contributed by atoms with Crippen molar-refractivity contribution in [2.45, 2.75) is 24.7 Å². The third-order valence-electron chi connectivity index (χ3n) is 3.52. The van der Waals surface area contributed by atoms with Crippen molar-refractivity contribution in [2.24, 2.45) is 0 Å². The second-order valence-electron chi connectivity index (χ2n) is 5.58. The number of benzene rings is 1. The number of fused-ring (bicyclic) bond motifs is 1. The van der Waals surface area contributed by atoms with Crippen molar-refractivity contribution in [3.05, 3.63) is 41.4 Å². The summed E-state index contributed by atoms with van der Waals surface area (Å²) >= 11 is 5.93. The Morgan fingerprint density at radius 3 is 2.72 bits per heavy atom. The first-order valence-electron chi connectivity index (χ1n) is 7.39. The largest absolute Gasteiger partial charge is 0.495 e. The average molecular weight is 382 g/mol. The van der Waals surface area contributed by atoms with Gasteiger partial charge in [0.15, 0.2) is 5.82 Å². The van der Waals surface area contributed by atoms with E-state index >= 15 is 0 Å². The van der Waals surface area contributed by atoms with E-state index in [0.717, 1.165) is 0 Å². The number of hydrogen-bond donors (Lipinski definition) is 1. The van der Waals surface area contributed by atoms with Crippen molar-refractivity contribution in [1.29, 1.82) is 0 Å². The van der Waals surface area contributed by atoms with Gasteiger partial charge >= 0.3 is 0 Å². The molecule has 0 spiro atoms. The van der Waals surface area contributed by atoms with Crippen LogP contribution < -0.4 is 9.46 Å². The van der Waals surface area contributed by atoms with Crippen LogP contribution in [0.3, 0.4) is 0 Å². The minimum atomic E-state index is -3.98. The summed E-state index contributed by atoms with van der Waals surface area (Å²) in [4.78, 5) is 3.99. The number of sulfonamides is 1. The van der Waals surface area contributed by atoms with Gasteiger partial charge in [0.05, 0.1) is 7.11 Å². The van der Waals surface area contributed by atoms with Gasteiger partial charge in [0.1, 0.15) is 16.5 Å². The molecule has 0 fully saturated rings. The van der Waals surface area contributed by atoms with Gasteiger partial charge in [-0.3, -0.25) is 9.12 Å². The fourth-order valence-corrected chi connectivity index (χ4v) is 3.80. The van der Waals surface area contributed by atoms with Crippen LogP contribution in [0.1, 0.15) is 25.6 Å². The average Bonchev–Trinajstić information content (AvgIpc) is 3.00. The zero-order valence-electron chi connectivity index (χ0n) is 13.8. The molecule has 2 aromatic heterocycles. The smallest absolute Gasteiger partial charge is 0.266 e. The molecule has 132 valence electrons. The maximum Gasteiger partial charge on any atom is 0.266 e. The van der Waals surface area contributed by atoms with Gasteiger partial charge in [0.2, 0.25) is 5.65 Å². The topological polar surface area (TPSA) is 98.5 Å². The molecule has 1 aromatic carbocycles. The highest BCUT2D eigenvalue weighted by Gasteiger charge is 2.23. The molecule has 0 amide bonds. The molecule has 0 radical (unpaired) electrons. The van der Waals surface area contributed by atoms with E-state index in [2.05, 4.69) is 19.9 Å². The highest BCUT2D eigenvalue weighted by atomic mass is 35.5. The molecule has 1 N–H and O–H groups in total. The molecule has 0 aliphatic heterocycles. The van der Waals surface area contributed by atoms with Crippen molar-refractivity contribution in [3.63, 3.8) is 0 Å². The fraction of sp³-hybridized carbons (Fsp3) is 0.267. The molecule has 0 bridgehead atoms. The summed E-state index contributed by atoms with van der Waals surface area (Å²) < 4.78 is 34.8. The van der Waals surface area contributed by atoms with Crippen molar-refractivity contribution in [2.75, 3.05) is 11.8 Å². The maximum absolute atomic E-state index is 12.8. The Hall–Kier alpha value is -2.39. The van der Waals surface area contributed by atoms with E-state index in [1.165, 1.54) is 25.4 Å². The van der Waals surface area contributed by atoms with Crippen LogP contribution in [0, 0.1) is 0 Å². The first-order valence-corrected chi connectivity index (χ1v) is 9.25. The lowest BCUT2D eigenvalue weighted by Crippen LogP contribution is -2.16. The summed E-state index contributed by atoms with van der Waals surface area (Å²) in [5.41, 5.74) is 0.316. The van der Waals surface area contributed by atoms with Crippen LogP contribution >= 0.6 is 11.6 Å². The van der Waals surface area contributed by atoms with Gasteiger partial charge in [-0.2, -0.15) is 0 Å². The lowest BCUT2D eigenvalue weighted by Gasteiger charge is -2.12. The molecule has 0 saturated carbocycles. The quantitative estimate of drug-likeness (QED) is 0.729. The van der Waals surface area contributed by atoms with Gasteiger partial charge in [-0.25, -0.2) is 13.4 Å². The van der Waals surface area contributed by atoms with E-state index in [4.69, 9.17) is 16.3 Å². The standard InChI is InChI=1S/C15H16ClN5O3S/c1-9(2)14-18-19-15-13(17-6-7-21(14)15)20-25(22,23)12-8-10(16)4-5-11(12)24-3/h4-9H,1-3H3,(H,17,20). The van der Waals surface area contributed by atoms with Crippen LogP contribution in [0.5, 0.6) is 5.75 Å². The molecule has 2 heterocycles. The molecule has 3 rings (SSSR count). The minimum Gasteiger partial charge on any atom is -0.495 e. The monoisotopic (exact) mass is 381 g/mol. The number of methoxy groups -OCH3 is 1. The molecular formula is C15H16ClN5O3S. The zero-order valence-corrected chi connectivity index (χ0v) is 15.3. The molecule has 8 nitrogen and oxygen atoms in total. The van der Waals surface area contributed by atoms with Crippen molar-refractivity contribution >= 4 is 33.1 Å². The first kappa shape index (κ1) is 17.4. The van der Waals surface area contributed by atoms with E-state index in [9.17, 15) is 8.42 Å². The van der Waals surface area contributed by atoms with E-state index in [0.29, 0.717) is 11.5 Å². The number of nitrogens with one attached hydrogen (secondary N) is 1. The number of anilines is 1. The number of rotatable bonds is 5. The van der Waals surface area contributed by atoms with Gasteiger partial charge in [-0.15, -0.1) is 10.2 Å². The molecule has 0 aliphatic carbocycles. The Labute approximate surface area is 149 Å². The second-order valence-corrected chi connectivity index (χ2v) is 7.67. The van der Waals surface area contributed by atoms with Crippen LogP contribution in [0.4, 0.5) is 5.82 Å². The summed E-state index contributed by atoms with van der Waals surface area (Å²) in [7, 11) is -2.60. The first-order chi connectivity index (χ1) is 11.8. The van der Waals surface area contributed by atoms with Crippen molar-refractivity contribution < 1.29 is 13.2 Å². The lowest BCUT2D eigenvalue weighted by atomic mass is 10.2. The Balaban J connectivity index is 2.08. The Morgan fingerprint density at radius 2 is 2.04 bits per heavy atom. The van der Waals surface area contributed by atoms with Crippen molar-refractivity contribution in [3.8, 4) is 5.75 Å². The maximum atomic E-state index is 12.8. The molecule has 0 unspecified atom stereocenters. The Bertz CT molecular complexity index is 1030. The predicted octanol–water partition coefficient (Wildman–Crippen LogP) is 2.71. The third-order valence-corrected chi connectivity index (χ3v) is 5.11. The van der Waals surface area contributed by atoms with E-state index in [1.54, 1.807) is 16.7 Å². The van der Waals surface area contributed by atoms with Crippen LogP contribution in [-0.4, -0.2) is 35.1 Å². The number of halogens is 1. The van der Waals surface area contributed by atoms with Gasteiger partial charge in [0, 0.05) is 23.3 Å². The minimum absolute atomic E-state index is 0.0731. The van der Waals surface area contributed by atoms with Crippen LogP contribution in [0.25, 0.3) is 5.65 Å². The molecule has 0 saturated heterocycles. The third kappa shape index (κ3) is 3.24. The highest BCUT2D eigenvalue weighted by Crippen LogP contribution is 2.29. The summed E-state index contributed by atoms with van der Waals surface area (Å²) in [5, 5.41) is 8.42. The van der Waals surface area contributed by atoms with Gasteiger partial charge in [-0.05, 0) is 18.2 Å². The van der Waals surface area contributed by atoms with Crippen molar-refractivity contribution in [1.82, 2.24) is 19.6 Å². The molecule has 0 atom stereocenters. The Kier molecular flexibility index (Phi) is 4.53. The van der Waals surface area contributed by atoms with Crippen LogP contribution in [-0.2, 0) is 10.0 Å². The summed E-state index contributed by atoms with van der Waals surface area (Å²) in [6.07, 6.45) is 3.16. The summed E-state index contributed by atoms with van der Waals surface area (Å²) in [6, 6.07) is 4.34. The number of ether oxygens (including phenoxy) is 1. The highest BCUT2D eigenvalue weighted by molar-refractivity contribution is 7.92. The van der Waals surface area contributed by atoms with E-state index < -0.39 is 10.0 Å². The Morgan fingerprint density at radius 1 is 1.28 bits per heavy atom. The number of hydrogen-bond acceptors (Lipinski definition) is 6. The molecule has 0 aliphatic rings. The predicted molar refractivity (Wildman–Crippen MR) is 93.7 cm³/mol. The molecule has 25 heavy (non-hydrogen) atoms.